The first kappa shape index (κ1) is 27.1. The lowest BCUT2D eigenvalue weighted by Gasteiger charge is -2.39. The van der Waals surface area contributed by atoms with Gasteiger partial charge in [-0.05, 0) is 32.8 Å². The fourth-order valence-corrected chi connectivity index (χ4v) is 5.50. The number of piperidine rings is 1. The van der Waals surface area contributed by atoms with Gasteiger partial charge >= 0.3 is 0 Å². The third-order valence-corrected chi connectivity index (χ3v) is 7.57. The second kappa shape index (κ2) is 10.6. The molecule has 0 saturated carbocycles. The highest BCUT2D eigenvalue weighted by atomic mass is 19.3. The minimum Gasteiger partial charge on any atom is -0.492 e. The van der Waals surface area contributed by atoms with Crippen LogP contribution < -0.4 is 10.1 Å². The van der Waals surface area contributed by atoms with Crippen molar-refractivity contribution in [1.82, 2.24) is 14.9 Å². The molecule has 1 fully saturated rings. The Kier molecular flexibility index (Phi) is 7.39. The zero-order valence-electron chi connectivity index (χ0n) is 22.1. The Morgan fingerprint density at radius 3 is 2.67 bits per heavy atom. The Bertz CT molecular complexity index is 1410. The molecule has 11 heteroatoms. The lowest BCUT2D eigenvalue weighted by atomic mass is 9.82. The molecular weight excluding hydrogens is 513 g/mol. The fraction of sp³-hybridized carbons (Fsp3) is 0.464. The van der Waals surface area contributed by atoms with Gasteiger partial charge < -0.3 is 24.8 Å². The maximum atomic E-state index is 14.9. The molecule has 2 aliphatic rings. The number of alkyl halides is 2. The SMILES string of the molecule is COCC(=O)N1CCC(O)(c2cc3c(NC(C)c4cccc(C(F)F)c4F)nc(C)nc3c3c2OCC3)CC1. The zero-order valence-corrected chi connectivity index (χ0v) is 22.1. The molecule has 1 aromatic heterocycles. The number of carbonyl (C=O) groups excluding carboxylic acids is 1. The Balaban J connectivity index is 1.54. The minimum atomic E-state index is -2.93. The molecule has 2 aromatic carbocycles. The van der Waals surface area contributed by atoms with Crippen molar-refractivity contribution in [2.45, 2.75) is 51.2 Å². The molecule has 3 aromatic rings. The van der Waals surface area contributed by atoms with Crippen LogP contribution in [-0.2, 0) is 21.6 Å². The van der Waals surface area contributed by atoms with E-state index in [0.29, 0.717) is 72.8 Å². The molecule has 2 aliphatic heterocycles. The number of aliphatic hydroxyl groups is 1. The zero-order chi connectivity index (χ0) is 27.9. The van der Waals surface area contributed by atoms with Gasteiger partial charge in [-0.2, -0.15) is 0 Å². The van der Waals surface area contributed by atoms with E-state index in [-0.39, 0.29) is 18.1 Å². The Morgan fingerprint density at radius 1 is 1.26 bits per heavy atom. The van der Waals surface area contributed by atoms with Crippen molar-refractivity contribution in [3.8, 4) is 5.75 Å². The van der Waals surface area contributed by atoms with Crippen LogP contribution in [0.5, 0.6) is 5.75 Å². The third kappa shape index (κ3) is 5.00. The number of carbonyl (C=O) groups is 1. The number of fused-ring (bicyclic) bond motifs is 3. The van der Waals surface area contributed by atoms with E-state index >= 15 is 0 Å². The van der Waals surface area contributed by atoms with Gasteiger partial charge in [0.25, 0.3) is 6.43 Å². The summed E-state index contributed by atoms with van der Waals surface area (Å²) >= 11 is 0. The smallest absolute Gasteiger partial charge is 0.266 e. The molecule has 0 bridgehead atoms. The molecule has 0 spiro atoms. The highest BCUT2D eigenvalue weighted by molar-refractivity contribution is 5.94. The molecular formula is C28H31F3N4O4. The van der Waals surface area contributed by atoms with Gasteiger partial charge in [-0.25, -0.2) is 23.1 Å². The van der Waals surface area contributed by atoms with Gasteiger partial charge in [0.15, 0.2) is 0 Å². The first-order chi connectivity index (χ1) is 18.6. The lowest BCUT2D eigenvalue weighted by molar-refractivity contribution is -0.139. The number of ether oxygens (including phenoxy) is 2. The van der Waals surface area contributed by atoms with Gasteiger partial charge in [0, 0.05) is 48.7 Å². The summed E-state index contributed by atoms with van der Waals surface area (Å²) in [5, 5.41) is 15.6. The fourth-order valence-electron chi connectivity index (χ4n) is 5.50. The van der Waals surface area contributed by atoms with Crippen molar-refractivity contribution in [2.24, 2.45) is 0 Å². The normalized spacial score (nSPS) is 17.3. The molecule has 2 N–H and O–H groups in total. The highest BCUT2D eigenvalue weighted by Crippen LogP contribution is 2.46. The van der Waals surface area contributed by atoms with Crippen LogP contribution in [-0.4, -0.2) is 59.3 Å². The first-order valence-electron chi connectivity index (χ1n) is 12.9. The lowest BCUT2D eigenvalue weighted by Crippen LogP contribution is -2.46. The summed E-state index contributed by atoms with van der Waals surface area (Å²) in [4.78, 5) is 23.2. The summed E-state index contributed by atoms with van der Waals surface area (Å²) < 4.78 is 52.5. The maximum absolute atomic E-state index is 14.9. The van der Waals surface area contributed by atoms with E-state index in [9.17, 15) is 23.1 Å². The number of nitrogens with zero attached hydrogens (tertiary/aromatic N) is 3. The largest absolute Gasteiger partial charge is 0.492 e. The van der Waals surface area contributed by atoms with Crippen molar-refractivity contribution >= 4 is 22.6 Å². The van der Waals surface area contributed by atoms with E-state index in [0.717, 1.165) is 11.6 Å². The van der Waals surface area contributed by atoms with Gasteiger partial charge in [-0.1, -0.05) is 18.2 Å². The number of nitrogens with one attached hydrogen (secondary N) is 1. The maximum Gasteiger partial charge on any atom is 0.266 e. The summed E-state index contributed by atoms with van der Waals surface area (Å²) in [6, 6.07) is 5.06. The number of hydrogen-bond acceptors (Lipinski definition) is 7. The number of aryl methyl sites for hydroxylation is 1. The number of benzene rings is 2. The van der Waals surface area contributed by atoms with Crippen LogP contribution in [0.3, 0.4) is 0 Å². The number of anilines is 1. The van der Waals surface area contributed by atoms with E-state index in [1.54, 1.807) is 24.8 Å². The molecule has 0 aliphatic carbocycles. The van der Waals surface area contributed by atoms with Crippen LogP contribution in [0.15, 0.2) is 24.3 Å². The monoisotopic (exact) mass is 544 g/mol. The van der Waals surface area contributed by atoms with Crippen molar-refractivity contribution < 1.29 is 32.5 Å². The number of rotatable bonds is 7. The molecule has 39 heavy (non-hydrogen) atoms. The molecule has 1 atom stereocenters. The van der Waals surface area contributed by atoms with Crippen molar-refractivity contribution in [3.05, 3.63) is 58.2 Å². The van der Waals surface area contributed by atoms with Crippen LogP contribution in [0.2, 0.25) is 0 Å². The average molecular weight is 545 g/mol. The number of amides is 1. The molecule has 1 amide bonds. The van der Waals surface area contributed by atoms with Gasteiger partial charge in [0.1, 0.15) is 29.8 Å². The van der Waals surface area contributed by atoms with Crippen LogP contribution in [0, 0.1) is 12.7 Å². The Morgan fingerprint density at radius 2 is 1.97 bits per heavy atom. The second-order valence-electron chi connectivity index (χ2n) is 10.1. The number of aromatic nitrogens is 2. The molecule has 8 nitrogen and oxygen atoms in total. The Labute approximate surface area is 224 Å². The summed E-state index contributed by atoms with van der Waals surface area (Å²) in [6.45, 7) is 4.55. The van der Waals surface area contributed by atoms with E-state index in [1.807, 2.05) is 0 Å². The summed E-state index contributed by atoms with van der Waals surface area (Å²) in [5.74, 6) is 0.381. The molecule has 3 heterocycles. The van der Waals surface area contributed by atoms with Crippen molar-refractivity contribution in [2.75, 3.05) is 38.7 Å². The molecule has 1 unspecified atom stereocenters. The van der Waals surface area contributed by atoms with Gasteiger partial charge in [0.2, 0.25) is 5.91 Å². The van der Waals surface area contributed by atoms with Crippen molar-refractivity contribution in [1.29, 1.82) is 0 Å². The van der Waals surface area contributed by atoms with Gasteiger partial charge in [-0.15, -0.1) is 0 Å². The number of methoxy groups -OCH3 is 1. The van der Waals surface area contributed by atoms with Crippen LogP contribution in [0.4, 0.5) is 19.0 Å². The molecule has 1 saturated heterocycles. The van der Waals surface area contributed by atoms with Crippen molar-refractivity contribution in [3.63, 3.8) is 0 Å². The summed E-state index contributed by atoms with van der Waals surface area (Å²) in [5.41, 5.74) is 0.286. The number of likely N-dealkylation sites (tertiary alicyclic amines) is 1. The molecule has 208 valence electrons. The van der Waals surface area contributed by atoms with Crippen LogP contribution in [0.1, 0.15) is 60.3 Å². The predicted octanol–water partition coefficient (Wildman–Crippen LogP) is 4.58. The van der Waals surface area contributed by atoms with Gasteiger partial charge in [-0.3, -0.25) is 4.79 Å². The van der Waals surface area contributed by atoms with Gasteiger partial charge in [0.05, 0.1) is 29.3 Å². The number of hydrogen-bond donors (Lipinski definition) is 2. The minimum absolute atomic E-state index is 0.0162. The number of halogens is 3. The van der Waals surface area contributed by atoms with E-state index < -0.39 is 29.4 Å². The third-order valence-electron chi connectivity index (χ3n) is 7.57. The van der Waals surface area contributed by atoms with E-state index in [1.165, 1.54) is 19.2 Å². The topological polar surface area (TPSA) is 96.8 Å². The summed E-state index contributed by atoms with van der Waals surface area (Å²) in [7, 11) is 1.47. The summed E-state index contributed by atoms with van der Waals surface area (Å²) in [6.07, 6.45) is -1.73. The average Bonchev–Trinajstić information content (AvgIpc) is 3.39. The standard InChI is InChI=1S/C28H31F3N4O4/c1-15(17-5-4-6-18(23(17)29)26(30)31)32-27-20-13-21(25-19(7-12-39-25)24(20)33-16(2)34-27)28(37)8-10-35(11-9-28)22(36)14-38-3/h4-6,13,15,26,37H,7-12,14H2,1-3H3,(H,32,33,34). The Hall–Kier alpha value is -3.44. The van der Waals surface area contributed by atoms with E-state index in [4.69, 9.17) is 9.47 Å². The van der Waals surface area contributed by atoms with Crippen LogP contribution >= 0.6 is 0 Å². The molecule has 5 rings (SSSR count). The molecule has 0 radical (unpaired) electrons. The second-order valence-corrected chi connectivity index (χ2v) is 10.1. The van der Waals surface area contributed by atoms with E-state index in [2.05, 4.69) is 15.3 Å². The highest BCUT2D eigenvalue weighted by Gasteiger charge is 2.40. The quantitative estimate of drug-likeness (QED) is 0.450. The van der Waals surface area contributed by atoms with Crippen LogP contribution in [0.25, 0.3) is 10.9 Å². The predicted molar refractivity (Wildman–Crippen MR) is 138 cm³/mol. The first-order valence-corrected chi connectivity index (χ1v) is 12.9.